The van der Waals surface area contributed by atoms with E-state index in [2.05, 4.69) is 0 Å². The SMILES string of the molecule is COc1ccccc1OCCCCCOc1ccc(C(=N)N)cc1OC. The molecule has 0 bridgehead atoms. The molecule has 2 rings (SSSR count). The van der Waals surface area contributed by atoms with Crippen molar-refractivity contribution < 1.29 is 18.9 Å². The van der Waals surface area contributed by atoms with Gasteiger partial charge in [0.1, 0.15) is 5.84 Å². The van der Waals surface area contributed by atoms with Crippen LogP contribution in [0.15, 0.2) is 42.5 Å². The van der Waals surface area contributed by atoms with Crippen molar-refractivity contribution in [3.8, 4) is 23.0 Å². The number of benzene rings is 2. The third-order valence-electron chi connectivity index (χ3n) is 3.85. The van der Waals surface area contributed by atoms with Crippen LogP contribution in [0.3, 0.4) is 0 Å². The van der Waals surface area contributed by atoms with Crippen molar-refractivity contribution in [2.75, 3.05) is 27.4 Å². The molecule has 0 atom stereocenters. The number of unbranched alkanes of at least 4 members (excludes halogenated alkanes) is 2. The first-order chi connectivity index (χ1) is 12.7. The number of hydrogen-bond acceptors (Lipinski definition) is 5. The molecule has 2 aromatic carbocycles. The van der Waals surface area contributed by atoms with Crippen LogP contribution in [-0.4, -0.2) is 33.3 Å². The highest BCUT2D eigenvalue weighted by atomic mass is 16.5. The minimum absolute atomic E-state index is 0.00453. The third-order valence-corrected chi connectivity index (χ3v) is 3.85. The average molecular weight is 358 g/mol. The van der Waals surface area contributed by atoms with Gasteiger partial charge < -0.3 is 24.7 Å². The molecule has 0 unspecified atom stereocenters. The summed E-state index contributed by atoms with van der Waals surface area (Å²) in [5, 5.41) is 7.46. The molecule has 0 saturated carbocycles. The number of rotatable bonds is 11. The Bertz CT molecular complexity index is 719. The van der Waals surface area contributed by atoms with Crippen molar-refractivity contribution in [3.63, 3.8) is 0 Å². The van der Waals surface area contributed by atoms with Crippen LogP contribution in [0.1, 0.15) is 24.8 Å². The molecular formula is C20H26N2O4. The first kappa shape index (κ1) is 19.4. The van der Waals surface area contributed by atoms with Crippen LogP contribution in [0, 0.1) is 5.41 Å². The molecule has 0 amide bonds. The van der Waals surface area contributed by atoms with Crippen LogP contribution < -0.4 is 24.7 Å². The summed E-state index contributed by atoms with van der Waals surface area (Å²) in [5.74, 6) is 2.75. The number of nitrogens with one attached hydrogen (secondary N) is 1. The molecule has 0 fully saturated rings. The van der Waals surface area contributed by atoms with Crippen LogP contribution in [0.25, 0.3) is 0 Å². The number of nitrogens with two attached hydrogens (primary N) is 1. The normalized spacial score (nSPS) is 10.2. The average Bonchev–Trinajstić information content (AvgIpc) is 2.67. The van der Waals surface area contributed by atoms with Gasteiger partial charge in [0.2, 0.25) is 0 Å². The zero-order chi connectivity index (χ0) is 18.8. The standard InChI is InChI=1S/C20H26N2O4/c1-23-16-8-4-5-9-17(16)25-12-6-3-7-13-26-18-11-10-15(20(21)22)14-19(18)24-2/h4-5,8-11,14H,3,6-7,12-13H2,1-2H3,(H3,21,22). The Balaban J connectivity index is 1.68. The first-order valence-corrected chi connectivity index (χ1v) is 8.56. The van der Waals surface area contributed by atoms with Crippen molar-refractivity contribution in [3.05, 3.63) is 48.0 Å². The maximum Gasteiger partial charge on any atom is 0.161 e. The summed E-state index contributed by atoms with van der Waals surface area (Å²) in [7, 11) is 3.21. The fraction of sp³-hybridized carbons (Fsp3) is 0.350. The van der Waals surface area contributed by atoms with Crippen molar-refractivity contribution in [1.29, 1.82) is 5.41 Å². The van der Waals surface area contributed by atoms with Crippen LogP contribution in [-0.2, 0) is 0 Å². The van der Waals surface area contributed by atoms with Gasteiger partial charge >= 0.3 is 0 Å². The molecule has 0 aliphatic carbocycles. The van der Waals surface area contributed by atoms with Crippen molar-refractivity contribution in [2.24, 2.45) is 5.73 Å². The van der Waals surface area contributed by atoms with Crippen LogP contribution >= 0.6 is 0 Å². The Morgan fingerprint density at radius 3 is 1.96 bits per heavy atom. The molecule has 0 aliphatic rings. The second kappa shape index (κ2) is 10.2. The van der Waals surface area contributed by atoms with Crippen molar-refractivity contribution in [1.82, 2.24) is 0 Å². The number of ether oxygens (including phenoxy) is 4. The van der Waals surface area contributed by atoms with E-state index in [1.54, 1.807) is 32.4 Å². The molecule has 26 heavy (non-hydrogen) atoms. The quantitative estimate of drug-likeness (QED) is 0.364. The largest absolute Gasteiger partial charge is 0.493 e. The highest BCUT2D eigenvalue weighted by molar-refractivity contribution is 5.95. The van der Waals surface area contributed by atoms with E-state index in [9.17, 15) is 0 Å². The van der Waals surface area contributed by atoms with Gasteiger partial charge in [0.05, 0.1) is 27.4 Å². The van der Waals surface area contributed by atoms with E-state index in [1.807, 2.05) is 24.3 Å². The third kappa shape index (κ3) is 5.58. The molecule has 2 aromatic rings. The van der Waals surface area contributed by atoms with E-state index in [0.29, 0.717) is 30.3 Å². The topological polar surface area (TPSA) is 86.8 Å². The molecule has 0 radical (unpaired) electrons. The molecule has 0 aliphatic heterocycles. The fourth-order valence-corrected chi connectivity index (χ4v) is 2.44. The van der Waals surface area contributed by atoms with E-state index < -0.39 is 0 Å². The van der Waals surface area contributed by atoms with E-state index in [4.69, 9.17) is 30.1 Å². The summed E-state index contributed by atoms with van der Waals surface area (Å²) in [6.07, 6.45) is 2.83. The molecule has 3 N–H and O–H groups in total. The van der Waals surface area contributed by atoms with Crippen LogP contribution in [0.2, 0.25) is 0 Å². The summed E-state index contributed by atoms with van der Waals surface area (Å²) in [6, 6.07) is 12.9. The summed E-state index contributed by atoms with van der Waals surface area (Å²) in [4.78, 5) is 0. The molecular weight excluding hydrogens is 332 g/mol. The van der Waals surface area contributed by atoms with Crippen molar-refractivity contribution in [2.45, 2.75) is 19.3 Å². The lowest BCUT2D eigenvalue weighted by atomic mass is 10.2. The predicted molar refractivity (Wildman–Crippen MR) is 102 cm³/mol. The second-order valence-corrected chi connectivity index (χ2v) is 5.69. The monoisotopic (exact) mass is 358 g/mol. The second-order valence-electron chi connectivity index (χ2n) is 5.69. The Kier molecular flexibility index (Phi) is 7.61. The number of amidine groups is 1. The van der Waals surface area contributed by atoms with E-state index >= 15 is 0 Å². The van der Waals surface area contributed by atoms with Gasteiger partial charge in [-0.2, -0.15) is 0 Å². The maximum absolute atomic E-state index is 7.46. The highest BCUT2D eigenvalue weighted by Gasteiger charge is 2.07. The molecule has 0 saturated heterocycles. The summed E-state index contributed by atoms with van der Waals surface area (Å²) in [6.45, 7) is 1.22. The number of methoxy groups -OCH3 is 2. The lowest BCUT2D eigenvalue weighted by molar-refractivity contribution is 0.264. The van der Waals surface area contributed by atoms with Gasteiger partial charge in [-0.25, -0.2) is 0 Å². The lowest BCUT2D eigenvalue weighted by Crippen LogP contribution is -2.11. The minimum atomic E-state index is 0.00453. The zero-order valence-corrected chi connectivity index (χ0v) is 15.3. The van der Waals surface area contributed by atoms with Gasteiger partial charge in [0.15, 0.2) is 23.0 Å². The van der Waals surface area contributed by atoms with E-state index in [-0.39, 0.29) is 5.84 Å². The number of para-hydroxylation sites is 2. The van der Waals surface area contributed by atoms with Gasteiger partial charge in [-0.3, -0.25) is 5.41 Å². The zero-order valence-electron chi connectivity index (χ0n) is 15.3. The Morgan fingerprint density at radius 2 is 1.38 bits per heavy atom. The summed E-state index contributed by atoms with van der Waals surface area (Å²) in [5.41, 5.74) is 6.10. The Labute approximate surface area is 154 Å². The smallest absolute Gasteiger partial charge is 0.161 e. The Hall–Kier alpha value is -2.89. The van der Waals surface area contributed by atoms with Gasteiger partial charge in [0.25, 0.3) is 0 Å². The summed E-state index contributed by atoms with van der Waals surface area (Å²) >= 11 is 0. The lowest BCUT2D eigenvalue weighted by Gasteiger charge is -2.12. The van der Waals surface area contributed by atoms with Crippen LogP contribution in [0.5, 0.6) is 23.0 Å². The van der Waals surface area contributed by atoms with E-state index in [1.165, 1.54) is 0 Å². The Morgan fingerprint density at radius 1 is 0.808 bits per heavy atom. The molecule has 0 aromatic heterocycles. The predicted octanol–water partition coefficient (Wildman–Crippen LogP) is 3.62. The maximum atomic E-state index is 7.46. The van der Waals surface area contributed by atoms with Gasteiger partial charge in [-0.1, -0.05) is 12.1 Å². The number of hydrogen-bond donors (Lipinski definition) is 2. The molecule has 140 valence electrons. The highest BCUT2D eigenvalue weighted by Crippen LogP contribution is 2.28. The minimum Gasteiger partial charge on any atom is -0.493 e. The molecule has 6 nitrogen and oxygen atoms in total. The van der Waals surface area contributed by atoms with Gasteiger partial charge in [-0.15, -0.1) is 0 Å². The first-order valence-electron chi connectivity index (χ1n) is 8.56. The van der Waals surface area contributed by atoms with Gasteiger partial charge in [0, 0.05) is 5.56 Å². The molecule has 0 spiro atoms. The summed E-state index contributed by atoms with van der Waals surface area (Å²) < 4.78 is 22.1. The van der Waals surface area contributed by atoms with Gasteiger partial charge in [-0.05, 0) is 49.6 Å². The fourth-order valence-electron chi connectivity index (χ4n) is 2.44. The van der Waals surface area contributed by atoms with Crippen LogP contribution in [0.4, 0.5) is 0 Å². The molecule has 0 heterocycles. The van der Waals surface area contributed by atoms with Crippen molar-refractivity contribution >= 4 is 5.84 Å². The van der Waals surface area contributed by atoms with E-state index in [0.717, 1.165) is 30.8 Å². The molecule has 6 heteroatoms. The number of nitrogen functional groups attached to an aromatic ring is 1.